The van der Waals surface area contributed by atoms with Gasteiger partial charge in [0.1, 0.15) is 0 Å². The fourth-order valence-electron chi connectivity index (χ4n) is 2.28. The van der Waals surface area contributed by atoms with Crippen molar-refractivity contribution in [3.8, 4) is 0 Å². The summed E-state index contributed by atoms with van der Waals surface area (Å²) in [7, 11) is 0. The predicted molar refractivity (Wildman–Crippen MR) is 76.2 cm³/mol. The number of hydrogen-bond donors (Lipinski definition) is 1. The summed E-state index contributed by atoms with van der Waals surface area (Å²) in [5.74, 6) is -0.259. The zero-order chi connectivity index (χ0) is 13.9. The van der Waals surface area contributed by atoms with Gasteiger partial charge in [-0.15, -0.1) is 0 Å². The smallest absolute Gasteiger partial charge is 0.231 e. The van der Waals surface area contributed by atoms with E-state index in [2.05, 4.69) is 10.3 Å². The van der Waals surface area contributed by atoms with E-state index in [-0.39, 0.29) is 11.8 Å². The number of aromatic nitrogens is 1. The van der Waals surface area contributed by atoms with Gasteiger partial charge in [-0.2, -0.15) is 0 Å². The average Bonchev–Trinajstić information content (AvgIpc) is 2.95. The molecule has 1 aliphatic heterocycles. The van der Waals surface area contributed by atoms with Crippen LogP contribution in [0.25, 0.3) is 0 Å². The molecule has 0 saturated heterocycles. The molecule has 1 aromatic heterocycles. The molecule has 0 aliphatic carbocycles. The molecule has 0 fully saturated rings. The largest absolute Gasteiger partial charge is 0.372 e. The molecule has 2 heterocycles. The Balaban J connectivity index is 1.73. The van der Waals surface area contributed by atoms with Crippen LogP contribution in [0.2, 0.25) is 0 Å². The van der Waals surface area contributed by atoms with Crippen LogP contribution in [0, 0.1) is 0 Å². The maximum atomic E-state index is 12.2. The molecule has 0 bridgehead atoms. The van der Waals surface area contributed by atoms with Gasteiger partial charge < -0.3 is 10.1 Å². The number of benzene rings is 1. The highest BCUT2D eigenvalue weighted by Crippen LogP contribution is 2.24. The highest BCUT2D eigenvalue weighted by Gasteiger charge is 2.17. The second-order valence-electron chi connectivity index (χ2n) is 4.97. The van der Waals surface area contributed by atoms with E-state index in [0.717, 1.165) is 16.8 Å². The highest BCUT2D eigenvalue weighted by molar-refractivity contribution is 5.95. The van der Waals surface area contributed by atoms with Crippen LogP contribution in [0.5, 0.6) is 0 Å². The third kappa shape index (κ3) is 2.56. The molecular formula is C16H16N2O2. The van der Waals surface area contributed by atoms with Crippen molar-refractivity contribution in [1.29, 1.82) is 0 Å². The van der Waals surface area contributed by atoms with Crippen LogP contribution in [0.4, 0.5) is 5.69 Å². The van der Waals surface area contributed by atoms with E-state index >= 15 is 0 Å². The summed E-state index contributed by atoms with van der Waals surface area (Å²) in [6.45, 7) is 3.16. The third-order valence-corrected chi connectivity index (χ3v) is 3.57. The van der Waals surface area contributed by atoms with Crippen LogP contribution in [-0.4, -0.2) is 10.9 Å². The van der Waals surface area contributed by atoms with E-state index in [0.29, 0.717) is 13.2 Å². The number of fused-ring (bicyclic) bond motifs is 1. The summed E-state index contributed by atoms with van der Waals surface area (Å²) in [5.41, 5.74) is 4.07. The lowest BCUT2D eigenvalue weighted by molar-refractivity contribution is -0.117. The first-order valence-corrected chi connectivity index (χ1v) is 6.64. The van der Waals surface area contributed by atoms with Crippen molar-refractivity contribution in [1.82, 2.24) is 4.98 Å². The van der Waals surface area contributed by atoms with Crippen LogP contribution in [-0.2, 0) is 22.7 Å². The SMILES string of the molecule is CC(C(=O)Nc1ccc2c(c1)COC2)c1cccnc1. The topological polar surface area (TPSA) is 51.2 Å². The summed E-state index contributed by atoms with van der Waals surface area (Å²) in [5, 5.41) is 2.95. The van der Waals surface area contributed by atoms with Gasteiger partial charge in [-0.25, -0.2) is 0 Å². The van der Waals surface area contributed by atoms with E-state index in [4.69, 9.17) is 4.74 Å². The number of amides is 1. The molecule has 0 spiro atoms. The molecule has 1 atom stereocenters. The van der Waals surface area contributed by atoms with E-state index in [1.807, 2.05) is 37.3 Å². The Morgan fingerprint density at radius 1 is 1.30 bits per heavy atom. The van der Waals surface area contributed by atoms with Crippen LogP contribution < -0.4 is 5.32 Å². The van der Waals surface area contributed by atoms with Crippen LogP contribution in [0.1, 0.15) is 29.5 Å². The van der Waals surface area contributed by atoms with Crippen molar-refractivity contribution in [3.63, 3.8) is 0 Å². The number of hydrogen-bond acceptors (Lipinski definition) is 3. The fraction of sp³-hybridized carbons (Fsp3) is 0.250. The molecule has 4 nitrogen and oxygen atoms in total. The summed E-state index contributed by atoms with van der Waals surface area (Å²) in [4.78, 5) is 16.3. The van der Waals surface area contributed by atoms with Gasteiger partial charge in [0.25, 0.3) is 0 Å². The normalized spacial score (nSPS) is 14.7. The zero-order valence-electron chi connectivity index (χ0n) is 11.3. The summed E-state index contributed by atoms with van der Waals surface area (Å²) >= 11 is 0. The average molecular weight is 268 g/mol. The van der Waals surface area contributed by atoms with E-state index < -0.39 is 0 Å². The van der Waals surface area contributed by atoms with Crippen LogP contribution >= 0.6 is 0 Å². The minimum absolute atomic E-state index is 0.0307. The lowest BCUT2D eigenvalue weighted by Gasteiger charge is -2.12. The molecule has 102 valence electrons. The Kier molecular flexibility index (Phi) is 3.48. The molecular weight excluding hydrogens is 252 g/mol. The van der Waals surface area contributed by atoms with Crippen molar-refractivity contribution in [2.45, 2.75) is 26.1 Å². The zero-order valence-corrected chi connectivity index (χ0v) is 11.3. The first-order chi connectivity index (χ1) is 9.74. The number of ether oxygens (including phenoxy) is 1. The van der Waals surface area contributed by atoms with Gasteiger partial charge in [0.15, 0.2) is 0 Å². The quantitative estimate of drug-likeness (QED) is 0.931. The number of anilines is 1. The Morgan fingerprint density at radius 3 is 2.95 bits per heavy atom. The molecule has 20 heavy (non-hydrogen) atoms. The molecule has 0 saturated carbocycles. The summed E-state index contributed by atoms with van der Waals surface area (Å²) in [6, 6.07) is 9.66. The number of carbonyl (C=O) groups excluding carboxylic acids is 1. The van der Waals surface area contributed by atoms with E-state index in [1.165, 1.54) is 5.56 Å². The molecule has 0 radical (unpaired) electrons. The number of rotatable bonds is 3. The van der Waals surface area contributed by atoms with Crippen LogP contribution in [0.15, 0.2) is 42.7 Å². The first-order valence-electron chi connectivity index (χ1n) is 6.64. The predicted octanol–water partition coefficient (Wildman–Crippen LogP) is 2.85. The Bertz CT molecular complexity index is 626. The van der Waals surface area contributed by atoms with E-state index in [9.17, 15) is 4.79 Å². The maximum Gasteiger partial charge on any atom is 0.231 e. The van der Waals surface area contributed by atoms with Gasteiger partial charge in [-0.1, -0.05) is 12.1 Å². The molecule has 3 rings (SSSR count). The number of pyridine rings is 1. The number of nitrogens with one attached hydrogen (secondary N) is 1. The van der Waals surface area contributed by atoms with Gasteiger partial charge in [0.05, 0.1) is 19.1 Å². The van der Waals surface area contributed by atoms with Crippen LogP contribution in [0.3, 0.4) is 0 Å². The van der Waals surface area contributed by atoms with Crippen molar-refractivity contribution in [2.24, 2.45) is 0 Å². The van der Waals surface area contributed by atoms with Crippen molar-refractivity contribution < 1.29 is 9.53 Å². The lowest BCUT2D eigenvalue weighted by atomic mass is 10.0. The monoisotopic (exact) mass is 268 g/mol. The second-order valence-corrected chi connectivity index (χ2v) is 4.97. The van der Waals surface area contributed by atoms with Crippen molar-refractivity contribution in [2.75, 3.05) is 5.32 Å². The lowest BCUT2D eigenvalue weighted by Crippen LogP contribution is -2.19. The number of nitrogens with zero attached hydrogens (tertiary/aromatic N) is 1. The fourth-order valence-corrected chi connectivity index (χ4v) is 2.28. The Labute approximate surface area is 117 Å². The molecule has 4 heteroatoms. The summed E-state index contributed by atoms with van der Waals surface area (Å²) in [6.07, 6.45) is 3.43. The molecule has 1 aromatic carbocycles. The van der Waals surface area contributed by atoms with Gasteiger partial charge >= 0.3 is 0 Å². The number of carbonyl (C=O) groups is 1. The standard InChI is InChI=1S/C16H16N2O2/c1-11(12-3-2-6-17-8-12)16(19)18-15-5-4-13-9-20-10-14(13)7-15/h2-8,11H,9-10H2,1H3,(H,18,19). The minimum Gasteiger partial charge on any atom is -0.372 e. The molecule has 1 amide bonds. The molecule has 1 aliphatic rings. The highest BCUT2D eigenvalue weighted by atomic mass is 16.5. The second kappa shape index (κ2) is 5.43. The third-order valence-electron chi connectivity index (χ3n) is 3.57. The summed E-state index contributed by atoms with van der Waals surface area (Å²) < 4.78 is 5.37. The minimum atomic E-state index is -0.229. The first kappa shape index (κ1) is 12.8. The maximum absolute atomic E-state index is 12.2. The van der Waals surface area contributed by atoms with Crippen molar-refractivity contribution >= 4 is 11.6 Å². The molecule has 2 aromatic rings. The molecule has 1 N–H and O–H groups in total. The van der Waals surface area contributed by atoms with E-state index in [1.54, 1.807) is 12.4 Å². The molecule has 1 unspecified atom stereocenters. The Morgan fingerprint density at radius 2 is 2.15 bits per heavy atom. The van der Waals surface area contributed by atoms with Gasteiger partial charge in [0, 0.05) is 18.1 Å². The van der Waals surface area contributed by atoms with Crippen molar-refractivity contribution in [3.05, 3.63) is 59.4 Å². The Hall–Kier alpha value is -2.20. The van der Waals surface area contributed by atoms with Gasteiger partial charge in [-0.05, 0) is 41.8 Å². The van der Waals surface area contributed by atoms with Gasteiger partial charge in [-0.3, -0.25) is 9.78 Å². The van der Waals surface area contributed by atoms with Gasteiger partial charge in [0.2, 0.25) is 5.91 Å².